The quantitative estimate of drug-likeness (QED) is 0.125. The Bertz CT molecular complexity index is 2490. The van der Waals surface area contributed by atoms with Crippen molar-refractivity contribution in [2.24, 2.45) is 0 Å². The maximum atomic E-state index is 14.2. The first-order valence-corrected chi connectivity index (χ1v) is 21.3. The number of aromatic nitrogens is 3. The van der Waals surface area contributed by atoms with Crippen LogP contribution in [0.5, 0.6) is 0 Å². The summed E-state index contributed by atoms with van der Waals surface area (Å²) in [5, 5.41) is 7.91. The fourth-order valence-corrected chi connectivity index (χ4v) is 7.39. The van der Waals surface area contributed by atoms with Gasteiger partial charge in [-0.15, -0.1) is 0 Å². The Hall–Kier alpha value is -6.65. The van der Waals surface area contributed by atoms with E-state index in [1.165, 1.54) is 18.3 Å². The summed E-state index contributed by atoms with van der Waals surface area (Å²) >= 11 is 0. The minimum Gasteiger partial charge on any atom is -0.444 e. The Morgan fingerprint density at radius 2 is 1.54 bits per heavy atom. The Morgan fingerprint density at radius 3 is 2.20 bits per heavy atom. The van der Waals surface area contributed by atoms with E-state index in [0.717, 1.165) is 30.6 Å². The lowest BCUT2D eigenvalue weighted by Gasteiger charge is -2.34. The molecule has 2 aromatic carbocycles. The lowest BCUT2D eigenvalue weighted by molar-refractivity contribution is -0.138. The molecule has 19 heteroatoms. The van der Waals surface area contributed by atoms with Gasteiger partial charge in [-0.1, -0.05) is 30.9 Å². The number of rotatable bonds is 9. The van der Waals surface area contributed by atoms with Gasteiger partial charge < -0.3 is 40.6 Å². The Morgan fingerprint density at radius 1 is 0.862 bits per heavy atom. The number of benzene rings is 2. The minimum absolute atomic E-state index is 0.0208. The van der Waals surface area contributed by atoms with Crippen molar-refractivity contribution in [3.8, 4) is 23.2 Å². The van der Waals surface area contributed by atoms with Crippen LogP contribution in [-0.2, 0) is 35.2 Å². The van der Waals surface area contributed by atoms with E-state index < -0.39 is 47.1 Å². The number of anilines is 3. The molecule has 2 aliphatic rings. The average molecular weight is 901 g/mol. The molecule has 6 rings (SSSR count). The highest BCUT2D eigenvalue weighted by molar-refractivity contribution is 6.05. The van der Waals surface area contributed by atoms with Crippen molar-refractivity contribution in [1.29, 1.82) is 0 Å². The van der Waals surface area contributed by atoms with Crippen molar-refractivity contribution < 1.29 is 41.8 Å². The number of carbonyl (C=O) groups is 4. The standard InChI is InChI=1S/C46H55F3N10O6/c1-8-56-20-22-57(23-21-56)28-31-14-15-33(25-35(31)46(47,48)49)54-41(61)53-32-11-9-10-29(24-32)12-13-30-27-52-40(50)55-38(30)37-26-34-36(58(37)19-17-51-42(62)64-44(2,3)4)16-18-59(39(34)60)43(63)65-45(5,6)7/h9-11,14-15,24-27H,8,16-23,28H2,1-7H3,(H,51,62)(H2,50,52,55)(H2,53,54,61). The van der Waals surface area contributed by atoms with Gasteiger partial charge in [0.1, 0.15) is 16.9 Å². The van der Waals surface area contributed by atoms with Crippen molar-refractivity contribution in [1.82, 2.24) is 34.6 Å². The predicted molar refractivity (Wildman–Crippen MR) is 239 cm³/mol. The van der Waals surface area contributed by atoms with Gasteiger partial charge in [0, 0.05) is 87.6 Å². The summed E-state index contributed by atoms with van der Waals surface area (Å²) < 4.78 is 55.4. The summed E-state index contributed by atoms with van der Waals surface area (Å²) in [7, 11) is 0. The number of nitrogen functional groups attached to an aromatic ring is 1. The molecule has 0 radical (unpaired) electrons. The van der Waals surface area contributed by atoms with Crippen LogP contribution in [0.2, 0.25) is 0 Å². The molecular weight excluding hydrogens is 846 g/mol. The molecule has 346 valence electrons. The van der Waals surface area contributed by atoms with E-state index in [4.69, 9.17) is 15.2 Å². The monoisotopic (exact) mass is 900 g/mol. The van der Waals surface area contributed by atoms with E-state index in [0.29, 0.717) is 41.3 Å². The van der Waals surface area contributed by atoms with E-state index >= 15 is 0 Å². The molecule has 2 aliphatic heterocycles. The smallest absolute Gasteiger partial charge is 0.417 e. The highest BCUT2D eigenvalue weighted by Crippen LogP contribution is 2.35. The number of ether oxygens (including phenoxy) is 2. The zero-order valence-corrected chi connectivity index (χ0v) is 37.6. The first-order valence-electron chi connectivity index (χ1n) is 21.3. The lowest BCUT2D eigenvalue weighted by atomic mass is 10.0. The van der Waals surface area contributed by atoms with Crippen LogP contribution in [0, 0.1) is 11.8 Å². The van der Waals surface area contributed by atoms with Crippen molar-refractivity contribution in [3.63, 3.8) is 0 Å². The number of alkyl halides is 3. The molecule has 2 aromatic heterocycles. The molecule has 5 amide bonds. The highest BCUT2D eigenvalue weighted by Gasteiger charge is 2.37. The summed E-state index contributed by atoms with van der Waals surface area (Å²) in [4.78, 5) is 66.5. The Kier molecular flexibility index (Phi) is 14.4. The van der Waals surface area contributed by atoms with Gasteiger partial charge in [0.15, 0.2) is 0 Å². The molecule has 4 heterocycles. The van der Waals surface area contributed by atoms with Crippen molar-refractivity contribution in [3.05, 3.63) is 88.2 Å². The zero-order chi connectivity index (χ0) is 47.3. The summed E-state index contributed by atoms with van der Waals surface area (Å²) in [5.74, 6) is 5.46. The second kappa shape index (κ2) is 19.6. The van der Waals surface area contributed by atoms with Gasteiger partial charge in [0.25, 0.3) is 5.91 Å². The van der Waals surface area contributed by atoms with Crippen LogP contribution in [0.1, 0.15) is 86.8 Å². The number of nitrogens with one attached hydrogen (secondary N) is 3. The number of hydrogen-bond acceptors (Lipinski definition) is 11. The molecular formula is C46H55F3N10O6. The number of halogens is 3. The van der Waals surface area contributed by atoms with Gasteiger partial charge in [-0.2, -0.15) is 13.2 Å². The topological polar surface area (TPSA) is 189 Å². The first kappa shape index (κ1) is 47.8. The predicted octanol–water partition coefficient (Wildman–Crippen LogP) is 7.19. The van der Waals surface area contributed by atoms with Crippen LogP contribution in [0.4, 0.5) is 44.9 Å². The van der Waals surface area contributed by atoms with E-state index in [1.807, 2.05) is 9.47 Å². The summed E-state index contributed by atoms with van der Waals surface area (Å²) in [5.41, 5.74) is 6.43. The molecule has 4 aromatic rings. The first-order chi connectivity index (χ1) is 30.6. The van der Waals surface area contributed by atoms with Crippen LogP contribution >= 0.6 is 0 Å². The largest absolute Gasteiger partial charge is 0.444 e. The zero-order valence-electron chi connectivity index (χ0n) is 37.6. The second-order valence-corrected chi connectivity index (χ2v) is 17.6. The Labute approximate surface area is 376 Å². The van der Waals surface area contributed by atoms with E-state index in [2.05, 4.69) is 49.6 Å². The van der Waals surface area contributed by atoms with E-state index in [1.54, 1.807) is 71.9 Å². The van der Waals surface area contributed by atoms with Gasteiger partial charge in [-0.25, -0.2) is 29.3 Å². The van der Waals surface area contributed by atoms with Gasteiger partial charge in [-0.05, 0) is 90.0 Å². The Balaban J connectivity index is 1.23. The summed E-state index contributed by atoms with van der Waals surface area (Å²) in [6.07, 6.45) is -4.34. The minimum atomic E-state index is -4.63. The number of carbonyl (C=O) groups excluding carboxylic acids is 4. The third-order valence-corrected chi connectivity index (χ3v) is 10.4. The maximum absolute atomic E-state index is 14.2. The number of hydrogen-bond donors (Lipinski definition) is 4. The van der Waals surface area contributed by atoms with Crippen LogP contribution in [0.3, 0.4) is 0 Å². The number of imide groups is 1. The average Bonchev–Trinajstić information content (AvgIpc) is 3.58. The summed E-state index contributed by atoms with van der Waals surface area (Å²) in [6, 6.07) is 11.2. The molecule has 0 spiro atoms. The molecule has 0 atom stereocenters. The SMILES string of the molecule is CCN1CCN(Cc2ccc(NC(=O)Nc3cccc(C#Cc4cnc(N)nc4-c4cc5c(n4CCNC(=O)OC(C)(C)C)CCN(C(=O)OC(C)(C)C)C5=O)c3)cc2C(F)(F)F)CC1. The molecule has 0 unspecified atom stereocenters. The van der Waals surface area contributed by atoms with Crippen LogP contribution in [-0.4, -0.2) is 110 Å². The van der Waals surface area contributed by atoms with Crippen molar-refractivity contribution in [2.75, 3.05) is 62.2 Å². The molecule has 0 aliphatic carbocycles. The number of urea groups is 1. The van der Waals surface area contributed by atoms with Gasteiger partial charge in [-0.3, -0.25) is 9.69 Å². The van der Waals surface area contributed by atoms with E-state index in [-0.39, 0.29) is 61.1 Å². The normalized spacial score (nSPS) is 14.8. The second-order valence-electron chi connectivity index (χ2n) is 17.6. The molecule has 1 fully saturated rings. The van der Waals surface area contributed by atoms with Crippen molar-refractivity contribution in [2.45, 2.75) is 85.4 Å². The lowest BCUT2D eigenvalue weighted by Crippen LogP contribution is -2.45. The number of fused-ring (bicyclic) bond motifs is 1. The van der Waals surface area contributed by atoms with Crippen LogP contribution in [0.15, 0.2) is 54.7 Å². The third kappa shape index (κ3) is 12.8. The number of alkyl carbamates (subject to hydrolysis) is 1. The van der Waals surface area contributed by atoms with Gasteiger partial charge in [0.2, 0.25) is 5.95 Å². The van der Waals surface area contributed by atoms with E-state index in [9.17, 15) is 32.3 Å². The molecule has 5 N–H and O–H groups in total. The molecule has 16 nitrogen and oxygen atoms in total. The third-order valence-electron chi connectivity index (χ3n) is 10.4. The number of amides is 5. The molecule has 0 bridgehead atoms. The van der Waals surface area contributed by atoms with Gasteiger partial charge >= 0.3 is 24.4 Å². The molecule has 1 saturated heterocycles. The highest BCUT2D eigenvalue weighted by atomic mass is 19.4. The fraction of sp³-hybridized carbons (Fsp3) is 0.435. The molecule has 65 heavy (non-hydrogen) atoms. The number of piperazine rings is 1. The van der Waals surface area contributed by atoms with Crippen LogP contribution < -0.4 is 21.7 Å². The number of likely N-dealkylation sites (N-methyl/N-ethyl adjacent to an activating group) is 1. The number of nitrogens with zero attached hydrogens (tertiary/aromatic N) is 6. The summed E-state index contributed by atoms with van der Waals surface area (Å²) in [6.45, 7) is 16.7. The van der Waals surface area contributed by atoms with Crippen molar-refractivity contribution >= 4 is 41.4 Å². The fourth-order valence-electron chi connectivity index (χ4n) is 7.39. The molecule has 0 saturated carbocycles. The number of nitrogens with two attached hydrogens (primary N) is 1. The maximum Gasteiger partial charge on any atom is 0.417 e. The van der Waals surface area contributed by atoms with Crippen LogP contribution in [0.25, 0.3) is 11.4 Å². The van der Waals surface area contributed by atoms with Gasteiger partial charge in [0.05, 0.1) is 22.4 Å².